The molecule has 1 atom stereocenters. The van der Waals surface area contributed by atoms with E-state index >= 15 is 0 Å². The molecule has 0 aliphatic rings. The number of carboxylic acids is 1. The predicted molar refractivity (Wildman–Crippen MR) is 83.4 cm³/mol. The molecule has 1 rings (SSSR count). The molecule has 2 N–H and O–H groups in total. The van der Waals surface area contributed by atoms with Crippen LogP contribution in [0.15, 0.2) is 24.3 Å². The molecule has 21 heavy (non-hydrogen) atoms. The Morgan fingerprint density at radius 1 is 1.24 bits per heavy atom. The molecular weight excluding hydrogens is 290 g/mol. The fourth-order valence-electron chi connectivity index (χ4n) is 1.83. The van der Waals surface area contributed by atoms with Crippen molar-refractivity contribution >= 4 is 23.6 Å². The Labute approximate surface area is 129 Å². The third-order valence-corrected chi connectivity index (χ3v) is 3.94. The maximum absolute atomic E-state index is 12.0. The molecule has 0 heterocycles. The Hall–Kier alpha value is -1.53. The zero-order chi connectivity index (χ0) is 15.8. The maximum Gasteiger partial charge on any atom is 0.313 e. The lowest BCUT2D eigenvalue weighted by atomic mass is 10.1. The van der Waals surface area contributed by atoms with E-state index in [2.05, 4.69) is 0 Å². The van der Waals surface area contributed by atoms with Gasteiger partial charge in [0.05, 0.1) is 24.2 Å². The molecule has 1 unspecified atom stereocenters. The van der Waals surface area contributed by atoms with E-state index in [1.165, 1.54) is 0 Å². The summed E-state index contributed by atoms with van der Waals surface area (Å²) in [5, 5.41) is 18.7. The lowest BCUT2D eigenvalue weighted by molar-refractivity contribution is -0.133. The molecule has 0 saturated carbocycles. The Morgan fingerprint density at radius 2 is 1.86 bits per heavy atom. The first-order valence-electron chi connectivity index (χ1n) is 6.76. The lowest BCUT2D eigenvalue weighted by Crippen LogP contribution is -2.36. The van der Waals surface area contributed by atoms with Crippen molar-refractivity contribution in [1.29, 1.82) is 0 Å². The van der Waals surface area contributed by atoms with Gasteiger partial charge in [0.2, 0.25) is 5.91 Å². The first-order valence-corrected chi connectivity index (χ1v) is 7.91. The number of aliphatic hydroxyl groups excluding tert-OH is 1. The van der Waals surface area contributed by atoms with Gasteiger partial charge in [-0.3, -0.25) is 9.59 Å². The summed E-state index contributed by atoms with van der Waals surface area (Å²) < 4.78 is 0. The molecule has 0 aliphatic heterocycles. The van der Waals surface area contributed by atoms with Crippen LogP contribution in [0.2, 0.25) is 0 Å². The standard InChI is InChI=1S/C15H21NO4S/c1-3-16(14(18)9-21-10-15(19)20)8-13(17)12-6-4-11(2)5-7-12/h4-7,13,17H,3,8-10H2,1-2H3,(H,19,20). The largest absolute Gasteiger partial charge is 0.481 e. The molecule has 0 spiro atoms. The number of amides is 1. The number of likely N-dealkylation sites (N-methyl/N-ethyl adjacent to an activating group) is 1. The number of rotatable bonds is 8. The van der Waals surface area contributed by atoms with Gasteiger partial charge in [-0.2, -0.15) is 0 Å². The summed E-state index contributed by atoms with van der Waals surface area (Å²) in [7, 11) is 0. The van der Waals surface area contributed by atoms with E-state index in [4.69, 9.17) is 5.11 Å². The summed E-state index contributed by atoms with van der Waals surface area (Å²) in [6.07, 6.45) is -0.737. The second kappa shape index (κ2) is 8.69. The first-order chi connectivity index (χ1) is 9.93. The van der Waals surface area contributed by atoms with E-state index in [1.54, 1.807) is 4.90 Å². The summed E-state index contributed by atoms with van der Waals surface area (Å²) in [5.74, 6) is -1.07. The van der Waals surface area contributed by atoms with E-state index in [9.17, 15) is 14.7 Å². The average Bonchev–Trinajstić information content (AvgIpc) is 2.44. The summed E-state index contributed by atoms with van der Waals surface area (Å²) in [4.78, 5) is 23.9. The van der Waals surface area contributed by atoms with Gasteiger partial charge in [-0.25, -0.2) is 0 Å². The van der Waals surface area contributed by atoms with Crippen LogP contribution in [-0.2, 0) is 9.59 Å². The molecule has 0 saturated heterocycles. The highest BCUT2D eigenvalue weighted by atomic mass is 32.2. The number of benzene rings is 1. The molecule has 0 aliphatic carbocycles. The zero-order valence-electron chi connectivity index (χ0n) is 12.3. The van der Waals surface area contributed by atoms with Gasteiger partial charge in [0, 0.05) is 6.54 Å². The molecule has 1 aromatic rings. The van der Waals surface area contributed by atoms with E-state index in [-0.39, 0.29) is 24.0 Å². The second-order valence-corrected chi connectivity index (χ2v) is 5.73. The molecule has 0 fully saturated rings. The number of aliphatic hydroxyl groups is 1. The van der Waals surface area contributed by atoms with Crippen LogP contribution < -0.4 is 0 Å². The van der Waals surface area contributed by atoms with Crippen molar-refractivity contribution in [1.82, 2.24) is 4.90 Å². The smallest absolute Gasteiger partial charge is 0.313 e. The number of carbonyl (C=O) groups is 2. The highest BCUT2D eigenvalue weighted by Gasteiger charge is 2.17. The van der Waals surface area contributed by atoms with Crippen molar-refractivity contribution < 1.29 is 19.8 Å². The minimum Gasteiger partial charge on any atom is -0.481 e. The fourth-order valence-corrected chi connectivity index (χ4v) is 2.46. The number of hydrogen-bond donors (Lipinski definition) is 2. The van der Waals surface area contributed by atoms with Crippen molar-refractivity contribution in [2.24, 2.45) is 0 Å². The molecule has 5 nitrogen and oxygen atoms in total. The third kappa shape index (κ3) is 6.18. The Balaban J connectivity index is 2.54. The summed E-state index contributed by atoms with van der Waals surface area (Å²) in [6, 6.07) is 7.52. The highest BCUT2D eigenvalue weighted by molar-refractivity contribution is 8.00. The molecule has 0 bridgehead atoms. The van der Waals surface area contributed by atoms with Crippen LogP contribution >= 0.6 is 11.8 Å². The van der Waals surface area contributed by atoms with Crippen LogP contribution in [0.25, 0.3) is 0 Å². The Kier molecular flexibility index (Phi) is 7.25. The third-order valence-electron chi connectivity index (χ3n) is 3.04. The number of aliphatic carboxylic acids is 1. The van der Waals surface area contributed by atoms with E-state index < -0.39 is 12.1 Å². The Bertz CT molecular complexity index is 475. The van der Waals surface area contributed by atoms with Crippen molar-refractivity contribution in [2.75, 3.05) is 24.6 Å². The van der Waals surface area contributed by atoms with Gasteiger partial charge >= 0.3 is 5.97 Å². The van der Waals surface area contributed by atoms with Crippen LogP contribution in [0.5, 0.6) is 0 Å². The maximum atomic E-state index is 12.0. The predicted octanol–water partition coefficient (Wildman–Crippen LogP) is 1.69. The molecule has 1 aromatic carbocycles. The normalized spacial score (nSPS) is 12.0. The van der Waals surface area contributed by atoms with E-state index in [0.717, 1.165) is 22.9 Å². The first kappa shape index (κ1) is 17.5. The van der Waals surface area contributed by atoms with E-state index in [0.29, 0.717) is 6.54 Å². The number of nitrogens with zero attached hydrogens (tertiary/aromatic N) is 1. The van der Waals surface area contributed by atoms with Gasteiger partial charge in [-0.05, 0) is 19.4 Å². The molecule has 0 radical (unpaired) electrons. The minimum absolute atomic E-state index is 0.0934. The SMILES string of the molecule is CCN(CC(O)c1ccc(C)cc1)C(=O)CSCC(=O)O. The van der Waals surface area contributed by atoms with Gasteiger partial charge in [-0.15, -0.1) is 11.8 Å². The average molecular weight is 311 g/mol. The summed E-state index contributed by atoms with van der Waals surface area (Å²) in [5.41, 5.74) is 1.88. The van der Waals surface area contributed by atoms with Gasteiger partial charge < -0.3 is 15.1 Å². The van der Waals surface area contributed by atoms with Gasteiger partial charge in [0.25, 0.3) is 0 Å². The molecule has 116 valence electrons. The van der Waals surface area contributed by atoms with Crippen LogP contribution in [0.3, 0.4) is 0 Å². The number of carboxylic acid groups (broad SMARTS) is 1. The minimum atomic E-state index is -0.935. The number of carbonyl (C=O) groups excluding carboxylic acids is 1. The van der Waals surface area contributed by atoms with Crippen LogP contribution in [-0.4, -0.2) is 51.6 Å². The van der Waals surface area contributed by atoms with Crippen molar-refractivity contribution in [3.63, 3.8) is 0 Å². The molecule has 0 aromatic heterocycles. The van der Waals surface area contributed by atoms with Gasteiger partial charge in [-0.1, -0.05) is 29.8 Å². The van der Waals surface area contributed by atoms with Gasteiger partial charge in [0.15, 0.2) is 0 Å². The second-order valence-electron chi connectivity index (χ2n) is 4.75. The number of thioether (sulfide) groups is 1. The van der Waals surface area contributed by atoms with Crippen LogP contribution in [0.4, 0.5) is 0 Å². The summed E-state index contributed by atoms with van der Waals surface area (Å²) in [6.45, 7) is 4.50. The molecule has 6 heteroatoms. The quantitative estimate of drug-likeness (QED) is 0.764. The lowest BCUT2D eigenvalue weighted by Gasteiger charge is -2.24. The van der Waals surface area contributed by atoms with Gasteiger partial charge in [0.1, 0.15) is 0 Å². The van der Waals surface area contributed by atoms with Crippen LogP contribution in [0.1, 0.15) is 24.2 Å². The number of aryl methyl sites for hydroxylation is 1. The topological polar surface area (TPSA) is 77.8 Å². The summed E-state index contributed by atoms with van der Waals surface area (Å²) >= 11 is 1.07. The monoisotopic (exact) mass is 311 g/mol. The molecular formula is C15H21NO4S. The van der Waals surface area contributed by atoms with Crippen molar-refractivity contribution in [2.45, 2.75) is 20.0 Å². The fraction of sp³-hybridized carbons (Fsp3) is 0.467. The van der Waals surface area contributed by atoms with Crippen molar-refractivity contribution in [3.05, 3.63) is 35.4 Å². The Morgan fingerprint density at radius 3 is 2.38 bits per heavy atom. The van der Waals surface area contributed by atoms with Crippen molar-refractivity contribution in [3.8, 4) is 0 Å². The number of hydrogen-bond acceptors (Lipinski definition) is 4. The van der Waals surface area contributed by atoms with Crippen LogP contribution in [0, 0.1) is 6.92 Å². The molecule has 1 amide bonds. The van der Waals surface area contributed by atoms with E-state index in [1.807, 2.05) is 38.1 Å². The zero-order valence-corrected chi connectivity index (χ0v) is 13.1. The highest BCUT2D eigenvalue weighted by Crippen LogP contribution is 2.15.